The molecule has 3 aromatic carbocycles. The van der Waals surface area contributed by atoms with Crippen molar-refractivity contribution in [3.8, 4) is 11.5 Å². The van der Waals surface area contributed by atoms with Gasteiger partial charge >= 0.3 is 0 Å². The number of hydrogen-bond donors (Lipinski definition) is 0. The van der Waals surface area contributed by atoms with E-state index in [1.807, 2.05) is 54.6 Å². The molecule has 0 radical (unpaired) electrons. The zero-order valence-electron chi connectivity index (χ0n) is 21.9. The van der Waals surface area contributed by atoms with Crippen molar-refractivity contribution in [3.63, 3.8) is 0 Å². The zero-order valence-corrected chi connectivity index (χ0v) is 21.9. The van der Waals surface area contributed by atoms with Crippen molar-refractivity contribution in [1.29, 1.82) is 0 Å². The summed E-state index contributed by atoms with van der Waals surface area (Å²) in [6, 6.07) is 26.2. The van der Waals surface area contributed by atoms with Crippen LogP contribution in [0.3, 0.4) is 0 Å². The minimum atomic E-state index is 0.103. The summed E-state index contributed by atoms with van der Waals surface area (Å²) in [6.07, 6.45) is 0. The van der Waals surface area contributed by atoms with Crippen LogP contribution in [0.1, 0.15) is 41.3 Å². The SMILES string of the molecule is COc1ccccc1CN1C[C@@H](CN(CC(C)C)C(=O)c2ccccc2)[C@@H](c2ccccc2OC)C1. The summed E-state index contributed by atoms with van der Waals surface area (Å²) in [7, 11) is 3.46. The molecule has 0 saturated carbocycles. The van der Waals surface area contributed by atoms with Gasteiger partial charge in [-0.15, -0.1) is 0 Å². The molecule has 0 spiro atoms. The van der Waals surface area contributed by atoms with Crippen molar-refractivity contribution < 1.29 is 14.3 Å². The van der Waals surface area contributed by atoms with E-state index in [9.17, 15) is 4.79 Å². The topological polar surface area (TPSA) is 42.0 Å². The van der Waals surface area contributed by atoms with Crippen LogP contribution in [0.25, 0.3) is 0 Å². The third-order valence-corrected chi connectivity index (χ3v) is 6.99. The summed E-state index contributed by atoms with van der Waals surface area (Å²) >= 11 is 0. The normalized spacial score (nSPS) is 17.8. The van der Waals surface area contributed by atoms with Gasteiger partial charge in [0.1, 0.15) is 11.5 Å². The van der Waals surface area contributed by atoms with E-state index in [0.717, 1.165) is 43.2 Å². The van der Waals surface area contributed by atoms with Crippen molar-refractivity contribution in [2.24, 2.45) is 11.8 Å². The van der Waals surface area contributed by atoms with Gasteiger partial charge in [0.2, 0.25) is 0 Å². The number of amides is 1. The molecule has 1 aliphatic heterocycles. The second-order valence-corrected chi connectivity index (χ2v) is 10.1. The third kappa shape index (κ3) is 6.08. The zero-order chi connectivity index (χ0) is 25.5. The number of nitrogens with zero attached hydrogens (tertiary/aromatic N) is 2. The molecule has 3 aromatic rings. The van der Waals surface area contributed by atoms with Gasteiger partial charge in [0.25, 0.3) is 5.91 Å². The van der Waals surface area contributed by atoms with Crippen LogP contribution in [0.5, 0.6) is 11.5 Å². The van der Waals surface area contributed by atoms with E-state index in [1.165, 1.54) is 11.1 Å². The summed E-state index contributed by atoms with van der Waals surface area (Å²) < 4.78 is 11.4. The Morgan fingerprint density at radius 2 is 1.53 bits per heavy atom. The van der Waals surface area contributed by atoms with Gasteiger partial charge in [0, 0.05) is 49.8 Å². The molecule has 1 amide bonds. The first-order valence-corrected chi connectivity index (χ1v) is 12.8. The first-order valence-electron chi connectivity index (χ1n) is 12.8. The van der Waals surface area contributed by atoms with Gasteiger partial charge < -0.3 is 14.4 Å². The van der Waals surface area contributed by atoms with Gasteiger partial charge in [-0.2, -0.15) is 0 Å². The second kappa shape index (κ2) is 12.1. The maximum atomic E-state index is 13.6. The Bertz CT molecular complexity index is 1130. The average molecular weight is 487 g/mol. The number of hydrogen-bond acceptors (Lipinski definition) is 4. The Hall–Kier alpha value is -3.31. The smallest absolute Gasteiger partial charge is 0.253 e. The van der Waals surface area contributed by atoms with Crippen molar-refractivity contribution in [2.75, 3.05) is 40.4 Å². The summed E-state index contributed by atoms with van der Waals surface area (Å²) in [5, 5.41) is 0. The predicted molar refractivity (Wildman–Crippen MR) is 145 cm³/mol. The number of rotatable bonds is 10. The quantitative estimate of drug-likeness (QED) is 0.368. The molecule has 5 heteroatoms. The molecule has 2 atom stereocenters. The largest absolute Gasteiger partial charge is 0.496 e. The molecule has 0 unspecified atom stereocenters. The Morgan fingerprint density at radius 3 is 2.22 bits per heavy atom. The van der Waals surface area contributed by atoms with Crippen LogP contribution < -0.4 is 9.47 Å². The van der Waals surface area contributed by atoms with Crippen LogP contribution in [-0.2, 0) is 6.54 Å². The van der Waals surface area contributed by atoms with Crippen molar-refractivity contribution in [2.45, 2.75) is 26.3 Å². The maximum Gasteiger partial charge on any atom is 0.253 e. The lowest BCUT2D eigenvalue weighted by Gasteiger charge is -2.30. The third-order valence-electron chi connectivity index (χ3n) is 6.99. The summed E-state index contributed by atoms with van der Waals surface area (Å²) in [5.41, 5.74) is 3.14. The van der Waals surface area contributed by atoms with Crippen LogP contribution >= 0.6 is 0 Å². The lowest BCUT2D eigenvalue weighted by molar-refractivity contribution is 0.0703. The van der Waals surface area contributed by atoms with E-state index >= 15 is 0 Å². The Kier molecular flexibility index (Phi) is 8.65. The number of carbonyl (C=O) groups is 1. The van der Waals surface area contributed by atoms with Gasteiger partial charge in [-0.05, 0) is 41.7 Å². The lowest BCUT2D eigenvalue weighted by Crippen LogP contribution is -2.39. The van der Waals surface area contributed by atoms with Crippen molar-refractivity contribution in [1.82, 2.24) is 9.80 Å². The molecular formula is C31H38N2O3. The summed E-state index contributed by atoms with van der Waals surface area (Å²) in [6.45, 7) is 8.39. The predicted octanol–water partition coefficient (Wildman–Crippen LogP) is 5.72. The molecule has 0 bridgehead atoms. The molecule has 1 saturated heterocycles. The Labute approximate surface area is 215 Å². The molecule has 5 nitrogen and oxygen atoms in total. The number of ether oxygens (including phenoxy) is 2. The van der Waals surface area contributed by atoms with E-state index in [0.29, 0.717) is 12.5 Å². The fraction of sp³-hybridized carbons (Fsp3) is 0.387. The van der Waals surface area contributed by atoms with Gasteiger partial charge in [-0.1, -0.05) is 68.4 Å². The van der Waals surface area contributed by atoms with Crippen molar-refractivity contribution >= 4 is 5.91 Å². The van der Waals surface area contributed by atoms with E-state index in [4.69, 9.17) is 9.47 Å². The minimum absolute atomic E-state index is 0.103. The first kappa shape index (κ1) is 25.8. The average Bonchev–Trinajstić information content (AvgIpc) is 3.30. The standard InChI is InChI=1S/C31H38N2O3/c1-23(2)18-33(31(34)24-12-6-5-7-13-24)21-26-20-32(19-25-14-8-10-16-29(25)35-3)22-28(26)27-15-9-11-17-30(27)36-4/h5-17,23,26,28H,18-22H2,1-4H3/t26-,28-/m0/s1. The number of likely N-dealkylation sites (tertiary alicyclic amines) is 1. The molecule has 4 rings (SSSR count). The maximum absolute atomic E-state index is 13.6. The minimum Gasteiger partial charge on any atom is -0.496 e. The molecule has 0 aliphatic carbocycles. The molecular weight excluding hydrogens is 448 g/mol. The second-order valence-electron chi connectivity index (χ2n) is 10.1. The summed E-state index contributed by atoms with van der Waals surface area (Å²) in [4.78, 5) is 18.1. The van der Waals surface area contributed by atoms with Gasteiger partial charge in [0.05, 0.1) is 14.2 Å². The van der Waals surface area contributed by atoms with Gasteiger partial charge in [-0.3, -0.25) is 9.69 Å². The van der Waals surface area contributed by atoms with Crippen LogP contribution in [0.2, 0.25) is 0 Å². The van der Waals surface area contributed by atoms with E-state index < -0.39 is 0 Å². The Morgan fingerprint density at radius 1 is 0.889 bits per heavy atom. The van der Waals surface area contributed by atoms with Crippen LogP contribution in [0.4, 0.5) is 0 Å². The van der Waals surface area contributed by atoms with E-state index in [2.05, 4.69) is 47.9 Å². The molecule has 1 fully saturated rings. The molecule has 0 N–H and O–H groups in total. The Balaban J connectivity index is 1.63. The molecule has 36 heavy (non-hydrogen) atoms. The monoisotopic (exact) mass is 486 g/mol. The van der Waals surface area contributed by atoms with Crippen LogP contribution in [0.15, 0.2) is 78.9 Å². The highest BCUT2D eigenvalue weighted by Crippen LogP contribution is 2.39. The molecule has 1 aliphatic rings. The first-order chi connectivity index (χ1) is 17.5. The van der Waals surface area contributed by atoms with E-state index in [-0.39, 0.29) is 17.7 Å². The van der Waals surface area contributed by atoms with Crippen LogP contribution in [0, 0.1) is 11.8 Å². The molecule has 0 aromatic heterocycles. The number of benzene rings is 3. The van der Waals surface area contributed by atoms with Gasteiger partial charge in [-0.25, -0.2) is 0 Å². The highest BCUT2D eigenvalue weighted by molar-refractivity contribution is 5.94. The van der Waals surface area contributed by atoms with Crippen molar-refractivity contribution in [3.05, 3.63) is 95.6 Å². The highest BCUT2D eigenvalue weighted by atomic mass is 16.5. The summed E-state index contributed by atoms with van der Waals surface area (Å²) in [5.74, 6) is 2.85. The van der Waals surface area contributed by atoms with E-state index in [1.54, 1.807) is 14.2 Å². The fourth-order valence-electron chi connectivity index (χ4n) is 5.40. The van der Waals surface area contributed by atoms with Gasteiger partial charge in [0.15, 0.2) is 0 Å². The molecule has 1 heterocycles. The lowest BCUT2D eigenvalue weighted by atomic mass is 9.87. The number of para-hydroxylation sites is 2. The highest BCUT2D eigenvalue weighted by Gasteiger charge is 2.37. The number of carbonyl (C=O) groups excluding carboxylic acids is 1. The fourth-order valence-corrected chi connectivity index (χ4v) is 5.40. The van der Waals surface area contributed by atoms with Crippen LogP contribution in [-0.4, -0.2) is 56.1 Å². The number of methoxy groups -OCH3 is 2. The molecule has 190 valence electrons.